The molecule has 4 rings (SSSR count). The van der Waals surface area contributed by atoms with E-state index in [2.05, 4.69) is 10.4 Å². The van der Waals surface area contributed by atoms with Crippen LogP contribution in [0.4, 0.5) is 11.4 Å². The number of amides is 2. The highest BCUT2D eigenvalue weighted by molar-refractivity contribution is 8.00. The van der Waals surface area contributed by atoms with Crippen molar-refractivity contribution < 1.29 is 14.3 Å². The molecule has 1 aromatic heterocycles. The second kappa shape index (κ2) is 7.48. The highest BCUT2D eigenvalue weighted by Crippen LogP contribution is 2.39. The lowest BCUT2D eigenvalue weighted by Gasteiger charge is -2.28. The number of ether oxygens (including phenoxy) is 1. The van der Waals surface area contributed by atoms with Crippen LogP contribution < -0.4 is 20.5 Å². The minimum Gasteiger partial charge on any atom is -0.495 e. The van der Waals surface area contributed by atoms with E-state index in [1.54, 1.807) is 23.1 Å². The second-order valence-electron chi connectivity index (χ2n) is 6.50. The molecule has 2 aromatic rings. The fourth-order valence-electron chi connectivity index (χ4n) is 3.06. The monoisotopic (exact) mass is 420 g/mol. The maximum absolute atomic E-state index is 12.9. The smallest absolute Gasteiger partial charge is 0.292 e. The number of aromatic nitrogens is 2. The molecule has 1 saturated carbocycles. The van der Waals surface area contributed by atoms with Crippen LogP contribution in [-0.4, -0.2) is 40.5 Å². The first kappa shape index (κ1) is 18.8. The number of methoxy groups -OCH3 is 1. The third kappa shape index (κ3) is 3.59. The van der Waals surface area contributed by atoms with Crippen LogP contribution in [0.1, 0.15) is 12.8 Å². The van der Waals surface area contributed by atoms with Crippen LogP contribution in [0.3, 0.4) is 0 Å². The van der Waals surface area contributed by atoms with Crippen molar-refractivity contribution in [3.05, 3.63) is 39.8 Å². The maximum atomic E-state index is 12.9. The number of nitrogens with zero attached hydrogens (tertiary/aromatic N) is 3. The highest BCUT2D eigenvalue weighted by atomic mass is 35.5. The Bertz CT molecular complexity index is 1020. The Morgan fingerprint density at radius 3 is 2.89 bits per heavy atom. The lowest BCUT2D eigenvalue weighted by atomic mass is 10.3. The molecular weight excluding hydrogens is 404 g/mol. The van der Waals surface area contributed by atoms with Gasteiger partial charge in [-0.1, -0.05) is 11.6 Å². The summed E-state index contributed by atoms with van der Waals surface area (Å²) in [5.41, 5.74) is 0.279. The maximum Gasteiger partial charge on any atom is 0.292 e. The molecule has 1 aliphatic heterocycles. The zero-order valence-electron chi connectivity index (χ0n) is 15.0. The van der Waals surface area contributed by atoms with Crippen LogP contribution in [0.25, 0.3) is 0 Å². The number of thioether (sulfide) groups is 1. The second-order valence-corrected chi connectivity index (χ2v) is 7.95. The molecule has 1 N–H and O–H groups in total. The molecule has 10 heteroatoms. The molecular formula is C18H17ClN4O4S. The number of carbonyl (C=O) groups excluding carboxylic acids is 2. The first-order valence-corrected chi connectivity index (χ1v) is 10.0. The van der Waals surface area contributed by atoms with E-state index in [0.29, 0.717) is 32.8 Å². The minimum atomic E-state index is -0.456. The van der Waals surface area contributed by atoms with Gasteiger partial charge in [0.1, 0.15) is 18.0 Å². The molecule has 0 spiro atoms. The average molecular weight is 421 g/mol. The lowest BCUT2D eigenvalue weighted by molar-refractivity contribution is -0.117. The summed E-state index contributed by atoms with van der Waals surface area (Å²) in [4.78, 5) is 40.0. The topological polar surface area (TPSA) is 93.5 Å². The number of hydrogen-bond donors (Lipinski definition) is 1. The third-order valence-electron chi connectivity index (χ3n) is 4.49. The van der Waals surface area contributed by atoms with Crippen LogP contribution in [0, 0.1) is 0 Å². The highest BCUT2D eigenvalue weighted by Gasteiger charge is 2.39. The Morgan fingerprint density at radius 2 is 2.18 bits per heavy atom. The van der Waals surface area contributed by atoms with E-state index < -0.39 is 11.5 Å². The van der Waals surface area contributed by atoms with Gasteiger partial charge in [-0.05, 0) is 31.0 Å². The Kier molecular flexibility index (Phi) is 5.03. The largest absolute Gasteiger partial charge is 0.495 e. The fourth-order valence-corrected chi connectivity index (χ4v) is 4.09. The van der Waals surface area contributed by atoms with Gasteiger partial charge in [-0.2, -0.15) is 5.10 Å². The van der Waals surface area contributed by atoms with Gasteiger partial charge < -0.3 is 15.0 Å². The van der Waals surface area contributed by atoms with Crippen LogP contribution in [0.15, 0.2) is 34.1 Å². The summed E-state index contributed by atoms with van der Waals surface area (Å²) in [5.74, 6) is 0.209. The molecule has 0 unspecified atom stereocenters. The lowest BCUT2D eigenvalue weighted by Crippen LogP contribution is -2.43. The van der Waals surface area contributed by atoms with Gasteiger partial charge in [0, 0.05) is 11.1 Å². The zero-order valence-corrected chi connectivity index (χ0v) is 16.5. The third-order valence-corrected chi connectivity index (χ3v) is 5.72. The van der Waals surface area contributed by atoms with Gasteiger partial charge in [-0.25, -0.2) is 4.68 Å². The molecule has 2 amide bonds. The van der Waals surface area contributed by atoms with Gasteiger partial charge in [0.05, 0.1) is 29.6 Å². The molecule has 1 aliphatic carbocycles. The number of nitrogens with one attached hydrogen (secondary N) is 1. The zero-order chi connectivity index (χ0) is 19.8. The van der Waals surface area contributed by atoms with E-state index in [4.69, 9.17) is 16.3 Å². The standard InChI is InChI=1S/C18H17ClN4O4S/c1-27-13-5-2-10(19)6-12(13)21-15(24)8-22-18(26)17-14(7-20-22)28-9-16(25)23(17)11-3-4-11/h2,5-7,11H,3-4,8-9H2,1H3,(H,21,24). The number of benzene rings is 1. The minimum absolute atomic E-state index is 0.0697. The molecule has 2 aliphatic rings. The van der Waals surface area contributed by atoms with Crippen molar-refractivity contribution in [2.75, 3.05) is 23.1 Å². The normalized spacial score (nSPS) is 15.9. The number of hydrogen-bond acceptors (Lipinski definition) is 6. The van der Waals surface area contributed by atoms with Gasteiger partial charge in [0.15, 0.2) is 0 Å². The van der Waals surface area contributed by atoms with E-state index >= 15 is 0 Å². The Balaban J connectivity index is 1.59. The molecule has 0 saturated heterocycles. The van der Waals surface area contributed by atoms with Crippen molar-refractivity contribution in [3.63, 3.8) is 0 Å². The predicted molar refractivity (Wildman–Crippen MR) is 106 cm³/mol. The number of fused-ring (bicyclic) bond motifs is 1. The van der Waals surface area contributed by atoms with E-state index in [0.717, 1.165) is 17.5 Å². The summed E-state index contributed by atoms with van der Waals surface area (Å²) in [6, 6.07) is 4.91. The van der Waals surface area contributed by atoms with E-state index in [1.807, 2.05) is 0 Å². The van der Waals surface area contributed by atoms with Crippen molar-refractivity contribution in [1.82, 2.24) is 9.78 Å². The van der Waals surface area contributed by atoms with E-state index in [-0.39, 0.29) is 18.5 Å². The molecule has 2 heterocycles. The van der Waals surface area contributed by atoms with Crippen molar-refractivity contribution in [2.24, 2.45) is 0 Å². The van der Waals surface area contributed by atoms with Gasteiger partial charge in [-0.15, -0.1) is 11.8 Å². The number of anilines is 2. The number of carbonyl (C=O) groups is 2. The fraction of sp³-hybridized carbons (Fsp3) is 0.333. The summed E-state index contributed by atoms with van der Waals surface area (Å²) in [5, 5.41) is 7.22. The molecule has 0 bridgehead atoms. The summed E-state index contributed by atoms with van der Waals surface area (Å²) < 4.78 is 6.27. The molecule has 0 atom stereocenters. The predicted octanol–water partition coefficient (Wildman–Crippen LogP) is 2.15. The SMILES string of the molecule is COc1ccc(Cl)cc1NC(=O)Cn1ncc2c(c1=O)N(C1CC1)C(=O)CS2. The van der Waals surface area contributed by atoms with Crippen LogP contribution in [0.5, 0.6) is 5.75 Å². The molecule has 1 aromatic carbocycles. The van der Waals surface area contributed by atoms with E-state index in [1.165, 1.54) is 25.1 Å². The summed E-state index contributed by atoms with van der Waals surface area (Å²) in [6.07, 6.45) is 3.30. The van der Waals surface area contributed by atoms with Crippen molar-refractivity contribution in [1.29, 1.82) is 0 Å². The molecule has 8 nitrogen and oxygen atoms in total. The summed E-state index contributed by atoms with van der Waals surface area (Å²) >= 11 is 7.27. The van der Waals surface area contributed by atoms with Gasteiger partial charge >= 0.3 is 0 Å². The quantitative estimate of drug-likeness (QED) is 0.796. The number of halogens is 1. The van der Waals surface area contributed by atoms with Gasteiger partial charge in [0.2, 0.25) is 11.8 Å². The molecule has 1 fully saturated rings. The van der Waals surface area contributed by atoms with Crippen LogP contribution in [0.2, 0.25) is 5.02 Å². The summed E-state index contributed by atoms with van der Waals surface area (Å²) in [7, 11) is 1.48. The average Bonchev–Trinajstić information content (AvgIpc) is 3.49. The molecule has 0 radical (unpaired) electrons. The first-order chi connectivity index (χ1) is 13.5. The van der Waals surface area contributed by atoms with Gasteiger partial charge in [0.25, 0.3) is 5.56 Å². The Labute approximate surface area is 169 Å². The summed E-state index contributed by atoms with van der Waals surface area (Å²) in [6.45, 7) is -0.293. The van der Waals surface area contributed by atoms with Crippen molar-refractivity contribution in [2.45, 2.75) is 30.3 Å². The van der Waals surface area contributed by atoms with Crippen LogP contribution in [-0.2, 0) is 16.1 Å². The Morgan fingerprint density at radius 1 is 1.39 bits per heavy atom. The Hall–Kier alpha value is -2.52. The number of rotatable bonds is 5. The van der Waals surface area contributed by atoms with Gasteiger partial charge in [-0.3, -0.25) is 14.4 Å². The molecule has 28 heavy (non-hydrogen) atoms. The van der Waals surface area contributed by atoms with Crippen molar-refractivity contribution >= 4 is 46.6 Å². The van der Waals surface area contributed by atoms with Crippen LogP contribution >= 0.6 is 23.4 Å². The van der Waals surface area contributed by atoms with E-state index in [9.17, 15) is 14.4 Å². The molecule has 146 valence electrons. The van der Waals surface area contributed by atoms with Crippen molar-refractivity contribution in [3.8, 4) is 5.75 Å². The first-order valence-electron chi connectivity index (χ1n) is 8.66.